The number of hydrogen-bond acceptors (Lipinski definition) is 4. The molecule has 0 aliphatic rings. The summed E-state index contributed by atoms with van der Waals surface area (Å²) in [7, 11) is 1.51. The Balaban J connectivity index is -0.0000000925. The fourth-order valence-electron chi connectivity index (χ4n) is 0.508. The van der Waals surface area contributed by atoms with Crippen molar-refractivity contribution < 1.29 is 14.0 Å². The van der Waals surface area contributed by atoms with Crippen LogP contribution in [0.25, 0.3) is 0 Å². The van der Waals surface area contributed by atoms with E-state index in [0.29, 0.717) is 11.5 Å². The van der Waals surface area contributed by atoms with Crippen LogP contribution in [0, 0.1) is 0 Å². The molecule has 0 aliphatic heterocycles. The van der Waals surface area contributed by atoms with Crippen LogP contribution in [0.4, 0.5) is 0 Å². The third kappa shape index (κ3) is 17.2. The van der Waals surface area contributed by atoms with E-state index in [4.69, 9.17) is 15.1 Å². The molecule has 0 bridgehead atoms. The average Bonchev–Trinajstić information content (AvgIpc) is 2.94. The van der Waals surface area contributed by atoms with E-state index in [2.05, 4.69) is 18.7 Å². The highest BCUT2D eigenvalue weighted by Crippen LogP contribution is 2.25. The summed E-state index contributed by atoms with van der Waals surface area (Å²) in [6, 6.07) is 0. The van der Waals surface area contributed by atoms with Crippen LogP contribution >= 0.6 is 0 Å². The first-order valence-corrected chi connectivity index (χ1v) is 6.77. The summed E-state index contributed by atoms with van der Waals surface area (Å²) in [5.41, 5.74) is 0. The highest BCUT2D eigenvalue weighted by Gasteiger charge is 2.03. The molecule has 0 radical (unpaired) electrons. The van der Waals surface area contributed by atoms with E-state index < -0.39 is 0 Å². The molecule has 112 valence electrons. The van der Waals surface area contributed by atoms with Crippen molar-refractivity contribution in [2.24, 2.45) is 5.90 Å². The lowest BCUT2D eigenvalue weighted by Crippen LogP contribution is -2.01. The van der Waals surface area contributed by atoms with Crippen molar-refractivity contribution >= 4 is 0 Å². The molecule has 0 unspecified atom stereocenters. The maximum absolute atomic E-state index is 4.83. The molecular weight excluding hydrogens is 230 g/mol. The molecule has 1 rings (SSSR count). The first-order chi connectivity index (χ1) is 8.79. The molecule has 1 heterocycles. The van der Waals surface area contributed by atoms with Crippen molar-refractivity contribution in [3.8, 4) is 11.5 Å². The maximum Gasteiger partial charge on any atom is 0.226 e. The van der Waals surface area contributed by atoms with Crippen LogP contribution in [0.1, 0.15) is 61.8 Å². The smallest absolute Gasteiger partial charge is 0.226 e. The Labute approximate surface area is 113 Å². The Kier molecular flexibility index (Phi) is 42.3. The van der Waals surface area contributed by atoms with E-state index in [1.807, 2.05) is 41.5 Å². The molecule has 2 N–H and O–H groups in total. The van der Waals surface area contributed by atoms with Crippen LogP contribution in [-0.2, 0) is 0 Å². The van der Waals surface area contributed by atoms with Gasteiger partial charge in [-0.05, 0) is 0 Å². The largest absolute Gasteiger partial charge is 0.490 e. The summed E-state index contributed by atoms with van der Waals surface area (Å²) in [5.74, 6) is 5.73. The number of methoxy groups -OCH3 is 1. The Bertz CT molecular complexity index is 182. The molecule has 0 saturated heterocycles. The van der Waals surface area contributed by atoms with Gasteiger partial charge >= 0.3 is 0 Å². The number of nitrogens with two attached hydrogens (primary N) is 1. The first-order valence-electron chi connectivity index (χ1n) is 6.77. The van der Waals surface area contributed by atoms with Gasteiger partial charge in [-0.3, -0.25) is 0 Å². The van der Waals surface area contributed by atoms with Gasteiger partial charge in [0.1, 0.15) is 12.5 Å². The lowest BCUT2D eigenvalue weighted by molar-refractivity contribution is 0.307. The average molecular weight is 263 g/mol. The van der Waals surface area contributed by atoms with Crippen molar-refractivity contribution in [3.05, 3.63) is 12.5 Å². The highest BCUT2D eigenvalue weighted by atomic mass is 16.6. The maximum atomic E-state index is 4.83. The lowest BCUT2D eigenvalue weighted by Gasteiger charge is -1.95. The van der Waals surface area contributed by atoms with Gasteiger partial charge in [0.05, 0.1) is 7.11 Å². The Morgan fingerprint density at radius 2 is 1.28 bits per heavy atom. The van der Waals surface area contributed by atoms with Gasteiger partial charge in [-0.25, -0.2) is 0 Å². The summed E-state index contributed by atoms with van der Waals surface area (Å²) in [6.07, 6.45) is 4.01. The molecule has 1 aromatic rings. The zero-order valence-electron chi connectivity index (χ0n) is 13.7. The molecule has 4 heteroatoms. The van der Waals surface area contributed by atoms with E-state index in [-0.39, 0.29) is 0 Å². The summed E-state index contributed by atoms with van der Waals surface area (Å²) in [4.78, 5) is 4.36. The number of rotatable bonds is 2. The molecule has 0 aromatic carbocycles. The van der Waals surface area contributed by atoms with Crippen molar-refractivity contribution in [2.75, 3.05) is 7.11 Å². The number of hydrogen-bond donors (Lipinski definition) is 1. The third-order valence-electron chi connectivity index (χ3n) is 0.940. The minimum Gasteiger partial charge on any atom is -0.490 e. The number of ether oxygens (including phenoxy) is 1. The molecule has 0 fully saturated rings. The minimum atomic E-state index is 0.400. The zero-order chi connectivity index (χ0) is 15.4. The van der Waals surface area contributed by atoms with Gasteiger partial charge in [-0.1, -0.05) is 61.8 Å². The molecule has 18 heavy (non-hydrogen) atoms. The van der Waals surface area contributed by atoms with Crippen LogP contribution in [0.5, 0.6) is 11.5 Å². The fraction of sp³-hybridized carbons (Fsp3) is 0.714. The van der Waals surface area contributed by atoms with Gasteiger partial charge in [0.25, 0.3) is 0 Å². The predicted molar refractivity (Wildman–Crippen MR) is 80.1 cm³/mol. The molecule has 0 saturated carbocycles. The van der Waals surface area contributed by atoms with E-state index in [1.165, 1.54) is 26.1 Å². The van der Waals surface area contributed by atoms with E-state index >= 15 is 0 Å². The fourth-order valence-corrected chi connectivity index (χ4v) is 0.508. The molecule has 0 aliphatic carbocycles. The van der Waals surface area contributed by atoms with Crippen LogP contribution in [0.3, 0.4) is 0 Å². The Morgan fingerprint density at radius 1 is 0.944 bits per heavy atom. The second kappa shape index (κ2) is 29.7. The van der Waals surface area contributed by atoms with Gasteiger partial charge < -0.3 is 14.0 Å². The predicted octanol–water partition coefficient (Wildman–Crippen LogP) is 5.04. The molecular formula is C14H33NO3. The first kappa shape index (κ1) is 25.6. The summed E-state index contributed by atoms with van der Waals surface area (Å²) in [6.45, 7) is 16.2. The normalized spacial score (nSPS) is 6.56. The third-order valence-corrected chi connectivity index (χ3v) is 0.940. The minimum absolute atomic E-state index is 0.400. The Hall–Kier alpha value is -1.16. The van der Waals surface area contributed by atoms with E-state index in [1.54, 1.807) is 0 Å². The number of furan rings is 1. The standard InChI is InChI=1S/C5H7NO3.C3H8.3C2H6/c1-7-4-2-8-3-5(4)9-6;1-3-2;3*1-2/h2-3H,6H2,1H3;3H2,1-2H3;3*1-2H3. The van der Waals surface area contributed by atoms with Crippen LogP contribution in [0.2, 0.25) is 0 Å². The van der Waals surface area contributed by atoms with Crippen LogP contribution in [-0.4, -0.2) is 7.11 Å². The van der Waals surface area contributed by atoms with Crippen LogP contribution in [0.15, 0.2) is 16.9 Å². The molecule has 0 amide bonds. The molecule has 1 aromatic heterocycles. The Morgan fingerprint density at radius 3 is 1.50 bits per heavy atom. The van der Waals surface area contributed by atoms with E-state index in [0.717, 1.165) is 0 Å². The van der Waals surface area contributed by atoms with Crippen molar-refractivity contribution in [1.82, 2.24) is 0 Å². The summed E-state index contributed by atoms with van der Waals surface area (Å²) < 4.78 is 9.47. The molecule has 0 spiro atoms. The van der Waals surface area contributed by atoms with Gasteiger partial charge in [-0.15, -0.1) is 0 Å². The zero-order valence-corrected chi connectivity index (χ0v) is 13.7. The van der Waals surface area contributed by atoms with Gasteiger partial charge in [0.2, 0.25) is 11.5 Å². The second-order valence-electron chi connectivity index (χ2n) is 2.13. The van der Waals surface area contributed by atoms with Gasteiger partial charge in [-0.2, -0.15) is 5.90 Å². The second-order valence-corrected chi connectivity index (χ2v) is 2.13. The van der Waals surface area contributed by atoms with Gasteiger partial charge in [0.15, 0.2) is 0 Å². The molecule has 0 atom stereocenters. The quantitative estimate of drug-likeness (QED) is 0.760. The van der Waals surface area contributed by atoms with Gasteiger partial charge in [0, 0.05) is 0 Å². The SMILES string of the molecule is CC.CC.CC.CCC.COc1cocc1ON. The van der Waals surface area contributed by atoms with E-state index in [9.17, 15) is 0 Å². The topological polar surface area (TPSA) is 57.6 Å². The highest BCUT2D eigenvalue weighted by molar-refractivity contribution is 5.34. The van der Waals surface area contributed by atoms with Crippen LogP contribution < -0.4 is 15.5 Å². The molecule has 4 nitrogen and oxygen atoms in total. The lowest BCUT2D eigenvalue weighted by atomic mass is 10.5. The van der Waals surface area contributed by atoms with Crippen molar-refractivity contribution in [2.45, 2.75) is 61.8 Å². The van der Waals surface area contributed by atoms with Crippen molar-refractivity contribution in [3.63, 3.8) is 0 Å². The monoisotopic (exact) mass is 263 g/mol. The summed E-state index contributed by atoms with van der Waals surface area (Å²) >= 11 is 0. The van der Waals surface area contributed by atoms with Crippen molar-refractivity contribution in [1.29, 1.82) is 0 Å². The summed E-state index contributed by atoms with van der Waals surface area (Å²) in [5, 5.41) is 0.